The molecule has 3 rings (SSSR count). The number of alkyl halides is 3. The van der Waals surface area contributed by atoms with Gasteiger partial charge in [0.05, 0.1) is 12.6 Å². The molecule has 2 aromatic rings. The third-order valence-electron chi connectivity index (χ3n) is 4.24. The Morgan fingerprint density at radius 1 is 1.24 bits per heavy atom. The first-order chi connectivity index (χ1) is 11.9. The van der Waals surface area contributed by atoms with Crippen molar-refractivity contribution in [3.63, 3.8) is 0 Å². The quantitative estimate of drug-likeness (QED) is 0.816. The van der Waals surface area contributed by atoms with Crippen molar-refractivity contribution in [2.45, 2.75) is 25.7 Å². The highest BCUT2D eigenvalue weighted by Gasteiger charge is 2.41. The van der Waals surface area contributed by atoms with Gasteiger partial charge in [0.1, 0.15) is 5.82 Å². The Morgan fingerprint density at radius 2 is 2.00 bits per heavy atom. The molecule has 1 aromatic carbocycles. The van der Waals surface area contributed by atoms with Crippen LogP contribution in [0.5, 0.6) is 0 Å². The van der Waals surface area contributed by atoms with Crippen molar-refractivity contribution in [1.29, 1.82) is 0 Å². The van der Waals surface area contributed by atoms with Crippen LogP contribution in [0.1, 0.15) is 24.2 Å². The Hall–Kier alpha value is -1.93. The first-order valence-electron chi connectivity index (χ1n) is 8.11. The first kappa shape index (κ1) is 17.9. The molecular formula is C17H19F3N4S. The summed E-state index contributed by atoms with van der Waals surface area (Å²) in [5, 5.41) is 3.04. The van der Waals surface area contributed by atoms with E-state index in [-0.39, 0.29) is 19.6 Å². The van der Waals surface area contributed by atoms with Crippen LogP contribution >= 0.6 is 12.2 Å². The molecule has 134 valence electrons. The van der Waals surface area contributed by atoms with E-state index in [1.807, 2.05) is 36.4 Å². The highest BCUT2D eigenvalue weighted by atomic mass is 32.1. The van der Waals surface area contributed by atoms with Crippen LogP contribution < -0.4 is 0 Å². The van der Waals surface area contributed by atoms with Gasteiger partial charge < -0.3 is 0 Å². The molecule has 1 saturated heterocycles. The lowest BCUT2D eigenvalue weighted by Crippen LogP contribution is -2.42. The number of rotatable bonds is 4. The summed E-state index contributed by atoms with van der Waals surface area (Å²) in [4.78, 5) is 6.01. The zero-order chi connectivity index (χ0) is 17.9. The van der Waals surface area contributed by atoms with Crippen molar-refractivity contribution in [1.82, 2.24) is 19.7 Å². The van der Waals surface area contributed by atoms with Crippen molar-refractivity contribution in [2.75, 3.05) is 13.1 Å². The van der Waals surface area contributed by atoms with E-state index in [1.165, 1.54) is 0 Å². The second-order valence-corrected chi connectivity index (χ2v) is 6.53. The summed E-state index contributed by atoms with van der Waals surface area (Å²) in [5.41, 5.74) is 1.03. The Bertz CT molecular complexity index is 779. The van der Waals surface area contributed by atoms with Gasteiger partial charge in [0.2, 0.25) is 4.77 Å². The van der Waals surface area contributed by atoms with Crippen molar-refractivity contribution in [3.05, 3.63) is 46.5 Å². The van der Waals surface area contributed by atoms with Crippen LogP contribution in [0.3, 0.4) is 0 Å². The number of likely N-dealkylation sites (tertiary alicyclic amines) is 1. The van der Waals surface area contributed by atoms with Gasteiger partial charge in [0.15, 0.2) is 0 Å². The molecule has 1 atom stereocenters. The summed E-state index contributed by atoms with van der Waals surface area (Å²) in [5.74, 6) is -0.686. The van der Waals surface area contributed by atoms with Crippen molar-refractivity contribution in [2.24, 2.45) is 5.92 Å². The van der Waals surface area contributed by atoms with Crippen LogP contribution in [0.2, 0.25) is 0 Å². The number of H-pyrrole nitrogens is 1. The number of benzene rings is 1. The lowest BCUT2D eigenvalue weighted by Gasteiger charge is -2.33. The van der Waals surface area contributed by atoms with Crippen molar-refractivity contribution in [3.8, 4) is 0 Å². The summed E-state index contributed by atoms with van der Waals surface area (Å²) < 4.78 is 40.7. The molecule has 1 N–H and O–H groups in total. The van der Waals surface area contributed by atoms with E-state index >= 15 is 0 Å². The maximum absolute atomic E-state index is 12.9. The number of aromatic amines is 1. The molecule has 1 aromatic heterocycles. The Kier molecular flexibility index (Phi) is 5.39. The first-order valence-corrected chi connectivity index (χ1v) is 8.52. The fourth-order valence-corrected chi connectivity index (χ4v) is 3.14. The van der Waals surface area contributed by atoms with E-state index in [9.17, 15) is 13.2 Å². The van der Waals surface area contributed by atoms with Crippen molar-refractivity contribution >= 4 is 24.4 Å². The normalized spacial score (nSPS) is 19.6. The van der Waals surface area contributed by atoms with Gasteiger partial charge >= 0.3 is 6.18 Å². The smallest absolute Gasteiger partial charge is 0.284 e. The molecule has 0 radical (unpaired) electrons. The third kappa shape index (κ3) is 4.79. The van der Waals surface area contributed by atoms with E-state index in [4.69, 9.17) is 12.2 Å². The lowest BCUT2D eigenvalue weighted by atomic mass is 9.98. The third-order valence-corrected chi connectivity index (χ3v) is 4.55. The lowest BCUT2D eigenvalue weighted by molar-refractivity contribution is -0.188. The number of hydrogen-bond donors (Lipinski definition) is 1. The predicted octanol–water partition coefficient (Wildman–Crippen LogP) is 4.34. The average molecular weight is 368 g/mol. The van der Waals surface area contributed by atoms with Crippen LogP contribution in [-0.2, 0) is 6.67 Å². The molecule has 0 saturated carbocycles. The summed E-state index contributed by atoms with van der Waals surface area (Å²) in [7, 11) is 0. The van der Waals surface area contributed by atoms with Crippen LogP contribution in [-0.4, -0.2) is 38.9 Å². The van der Waals surface area contributed by atoms with Gasteiger partial charge in [-0.1, -0.05) is 36.4 Å². The largest absolute Gasteiger partial charge is 0.393 e. The van der Waals surface area contributed by atoms with E-state index < -0.39 is 12.1 Å². The predicted molar refractivity (Wildman–Crippen MR) is 93.1 cm³/mol. The molecule has 4 nitrogen and oxygen atoms in total. The van der Waals surface area contributed by atoms with Gasteiger partial charge in [0.25, 0.3) is 0 Å². The van der Waals surface area contributed by atoms with Crippen molar-refractivity contribution < 1.29 is 13.2 Å². The number of aromatic nitrogens is 3. The minimum Gasteiger partial charge on any atom is -0.284 e. The van der Waals surface area contributed by atoms with Gasteiger partial charge in [0, 0.05) is 6.54 Å². The molecule has 2 heterocycles. The molecule has 1 fully saturated rings. The SMILES string of the molecule is FC(F)(F)C1CCCN(Cn2[nH]c(C=Cc3ccccc3)nc2=S)C1. The van der Waals surface area contributed by atoms with Gasteiger partial charge in [-0.3, -0.25) is 10.00 Å². The standard InChI is InChI=1S/C17H19F3N4S/c18-17(19,20)14-7-4-10-23(11-14)12-24-16(25)21-15(22-24)9-8-13-5-2-1-3-6-13/h1-3,5-6,8-9,14H,4,7,10-12H2,(H,21,22,25). The summed E-state index contributed by atoms with van der Waals surface area (Å²) >= 11 is 5.21. The number of piperidine rings is 1. The highest BCUT2D eigenvalue weighted by Crippen LogP contribution is 2.33. The zero-order valence-corrected chi connectivity index (χ0v) is 14.4. The minimum absolute atomic E-state index is 0.000515. The molecule has 25 heavy (non-hydrogen) atoms. The fraction of sp³-hybridized carbons (Fsp3) is 0.412. The number of hydrogen-bond acceptors (Lipinski definition) is 3. The zero-order valence-electron chi connectivity index (χ0n) is 13.5. The molecule has 0 amide bonds. The van der Waals surface area contributed by atoms with E-state index in [0.29, 0.717) is 23.6 Å². The van der Waals surface area contributed by atoms with E-state index in [2.05, 4.69) is 10.1 Å². The van der Waals surface area contributed by atoms with Gasteiger partial charge in [-0.25, -0.2) is 4.68 Å². The molecule has 1 unspecified atom stereocenters. The van der Waals surface area contributed by atoms with Gasteiger partial charge in [-0.05, 0) is 43.2 Å². The van der Waals surface area contributed by atoms with Crippen LogP contribution in [0, 0.1) is 10.7 Å². The maximum atomic E-state index is 12.9. The molecule has 1 aliphatic heterocycles. The van der Waals surface area contributed by atoms with Crippen LogP contribution in [0.15, 0.2) is 30.3 Å². The Balaban J connectivity index is 1.67. The monoisotopic (exact) mass is 368 g/mol. The Labute approximate surface area is 149 Å². The molecule has 1 aliphatic rings. The summed E-state index contributed by atoms with van der Waals surface area (Å²) in [6.07, 6.45) is 0.290. The molecule has 0 spiro atoms. The highest BCUT2D eigenvalue weighted by molar-refractivity contribution is 7.71. The molecule has 0 bridgehead atoms. The molecule has 0 aliphatic carbocycles. The Morgan fingerprint density at radius 3 is 2.72 bits per heavy atom. The summed E-state index contributed by atoms with van der Waals surface area (Å²) in [6.45, 7) is 0.916. The van der Waals surface area contributed by atoms with Gasteiger partial charge in [-0.2, -0.15) is 18.2 Å². The maximum Gasteiger partial charge on any atom is 0.393 e. The van der Waals surface area contributed by atoms with E-state index in [1.54, 1.807) is 15.7 Å². The fourth-order valence-electron chi connectivity index (χ4n) is 2.94. The number of nitrogens with zero attached hydrogens (tertiary/aromatic N) is 3. The second kappa shape index (κ2) is 7.53. The summed E-state index contributed by atoms with van der Waals surface area (Å²) in [6, 6.07) is 9.74. The number of nitrogens with one attached hydrogen (secondary N) is 1. The number of halogens is 3. The van der Waals surface area contributed by atoms with Gasteiger partial charge in [-0.15, -0.1) is 0 Å². The van der Waals surface area contributed by atoms with Crippen LogP contribution in [0.4, 0.5) is 13.2 Å². The second-order valence-electron chi connectivity index (χ2n) is 6.16. The van der Waals surface area contributed by atoms with E-state index in [0.717, 1.165) is 5.56 Å². The minimum atomic E-state index is -4.14. The average Bonchev–Trinajstić information content (AvgIpc) is 2.93. The molecular weight excluding hydrogens is 349 g/mol. The van der Waals surface area contributed by atoms with Crippen LogP contribution in [0.25, 0.3) is 12.2 Å². The molecule has 8 heteroatoms. The topological polar surface area (TPSA) is 36.9 Å².